The van der Waals surface area contributed by atoms with Gasteiger partial charge in [-0.25, -0.2) is 18.6 Å². The number of pyridine rings is 2. The minimum absolute atomic E-state index is 0.0417. The van der Waals surface area contributed by atoms with Crippen molar-refractivity contribution in [3.8, 4) is 11.3 Å². The molecule has 0 atom stereocenters. The van der Waals surface area contributed by atoms with Crippen LogP contribution in [0.25, 0.3) is 11.3 Å². The summed E-state index contributed by atoms with van der Waals surface area (Å²) in [6, 6.07) is 12.8. The van der Waals surface area contributed by atoms with Crippen molar-refractivity contribution < 1.29 is 13.6 Å². The fraction of sp³-hybridized carbons (Fsp3) is 0.261. The second-order valence-electron chi connectivity index (χ2n) is 7.61. The third-order valence-corrected chi connectivity index (χ3v) is 5.33. The average Bonchev–Trinajstić information content (AvgIpc) is 2.82. The van der Waals surface area contributed by atoms with Gasteiger partial charge in [0.2, 0.25) is 0 Å². The minimum Gasteiger partial charge on any atom is -0.307 e. The van der Waals surface area contributed by atoms with Gasteiger partial charge in [0, 0.05) is 40.6 Å². The molecule has 0 unspecified atom stereocenters. The first kappa shape index (κ1) is 21.2. The van der Waals surface area contributed by atoms with Crippen LogP contribution in [-0.2, 0) is 5.92 Å². The van der Waals surface area contributed by atoms with Crippen molar-refractivity contribution in [2.75, 3.05) is 16.8 Å². The molecule has 1 aliphatic rings. The maximum atomic E-state index is 14.8. The molecule has 0 radical (unpaired) electrons. The lowest BCUT2D eigenvalue weighted by atomic mass is 10.0. The molecule has 2 aromatic heterocycles. The number of aryl methyl sites for hydroxylation is 2. The third kappa shape index (κ3) is 4.51. The molecule has 0 spiro atoms. The molecule has 5 nitrogen and oxygen atoms in total. The quantitative estimate of drug-likeness (QED) is 0.504. The fourth-order valence-electron chi connectivity index (χ4n) is 3.74. The molecule has 4 rings (SSSR count). The van der Waals surface area contributed by atoms with Gasteiger partial charge in [-0.05, 0) is 56.7 Å². The predicted molar refractivity (Wildman–Crippen MR) is 118 cm³/mol. The van der Waals surface area contributed by atoms with E-state index in [0.29, 0.717) is 22.0 Å². The van der Waals surface area contributed by atoms with Gasteiger partial charge >= 0.3 is 6.03 Å². The Labute approximate surface area is 184 Å². The van der Waals surface area contributed by atoms with E-state index in [0.717, 1.165) is 11.4 Å². The molecular formula is C23H21ClF2N4O. The number of fused-ring (bicyclic) bond motifs is 1. The molecule has 0 fully saturated rings. The smallest absolute Gasteiger partial charge is 0.307 e. The highest BCUT2D eigenvalue weighted by molar-refractivity contribution is 6.30. The number of hydrogen-bond acceptors (Lipinski definition) is 3. The van der Waals surface area contributed by atoms with Crippen molar-refractivity contribution in [3.05, 3.63) is 70.5 Å². The van der Waals surface area contributed by atoms with Gasteiger partial charge in [0.25, 0.3) is 5.92 Å². The van der Waals surface area contributed by atoms with E-state index in [9.17, 15) is 13.6 Å². The lowest BCUT2D eigenvalue weighted by Crippen LogP contribution is -2.36. The second kappa shape index (κ2) is 8.23. The van der Waals surface area contributed by atoms with E-state index in [-0.39, 0.29) is 30.8 Å². The van der Waals surface area contributed by atoms with Crippen molar-refractivity contribution in [2.24, 2.45) is 0 Å². The van der Waals surface area contributed by atoms with E-state index in [2.05, 4.69) is 15.3 Å². The normalized spacial score (nSPS) is 15.2. The highest BCUT2D eigenvalue weighted by Gasteiger charge is 2.40. The van der Waals surface area contributed by atoms with Crippen LogP contribution >= 0.6 is 11.6 Å². The number of alkyl halides is 2. The van der Waals surface area contributed by atoms with Crippen LogP contribution in [0.15, 0.2) is 48.5 Å². The van der Waals surface area contributed by atoms with Gasteiger partial charge in [-0.1, -0.05) is 23.7 Å². The van der Waals surface area contributed by atoms with Crippen molar-refractivity contribution in [1.29, 1.82) is 0 Å². The van der Waals surface area contributed by atoms with E-state index in [1.54, 1.807) is 36.4 Å². The number of nitrogens with one attached hydrogen (secondary N) is 1. The average molecular weight is 443 g/mol. The largest absolute Gasteiger partial charge is 0.327 e. The first-order chi connectivity index (χ1) is 14.7. The summed E-state index contributed by atoms with van der Waals surface area (Å²) < 4.78 is 29.6. The van der Waals surface area contributed by atoms with E-state index < -0.39 is 12.0 Å². The molecule has 31 heavy (non-hydrogen) atoms. The van der Waals surface area contributed by atoms with Crippen LogP contribution in [0.4, 0.5) is 25.1 Å². The number of halogens is 3. The summed E-state index contributed by atoms with van der Waals surface area (Å²) in [5.41, 5.74) is 2.95. The van der Waals surface area contributed by atoms with Crippen LogP contribution < -0.4 is 10.2 Å². The van der Waals surface area contributed by atoms with Crippen LogP contribution in [0, 0.1) is 13.8 Å². The van der Waals surface area contributed by atoms with Crippen molar-refractivity contribution in [1.82, 2.24) is 9.97 Å². The molecule has 1 aliphatic heterocycles. The molecule has 0 saturated carbocycles. The number of anilines is 2. The monoisotopic (exact) mass is 442 g/mol. The molecule has 0 bridgehead atoms. The number of amides is 2. The van der Waals surface area contributed by atoms with Gasteiger partial charge < -0.3 is 5.32 Å². The summed E-state index contributed by atoms with van der Waals surface area (Å²) in [5, 5.41) is 3.31. The number of benzene rings is 1. The fourth-order valence-corrected chi connectivity index (χ4v) is 3.93. The second-order valence-corrected chi connectivity index (χ2v) is 8.04. The van der Waals surface area contributed by atoms with E-state index >= 15 is 0 Å². The van der Waals surface area contributed by atoms with Gasteiger partial charge in [-0.3, -0.25) is 9.88 Å². The number of rotatable bonds is 2. The maximum absolute atomic E-state index is 14.8. The molecule has 3 aromatic rings. The van der Waals surface area contributed by atoms with Gasteiger partial charge in [0.15, 0.2) is 0 Å². The Morgan fingerprint density at radius 2 is 1.84 bits per heavy atom. The van der Waals surface area contributed by atoms with E-state index in [4.69, 9.17) is 11.6 Å². The Bertz CT molecular complexity index is 1130. The summed E-state index contributed by atoms with van der Waals surface area (Å²) in [4.78, 5) is 23.2. The summed E-state index contributed by atoms with van der Waals surface area (Å²) >= 11 is 6.08. The number of hydrogen-bond donors (Lipinski definition) is 1. The van der Waals surface area contributed by atoms with Crippen LogP contribution in [0.3, 0.4) is 0 Å². The molecule has 8 heteroatoms. The highest BCUT2D eigenvalue weighted by atomic mass is 35.5. The summed E-state index contributed by atoms with van der Waals surface area (Å²) in [7, 11) is 0. The van der Waals surface area contributed by atoms with Crippen molar-refractivity contribution in [2.45, 2.75) is 32.6 Å². The zero-order valence-electron chi connectivity index (χ0n) is 17.1. The number of carbonyl (C=O) groups excluding carboxylic acids is 1. The molecule has 160 valence electrons. The predicted octanol–water partition coefficient (Wildman–Crippen LogP) is 6.34. The first-order valence-corrected chi connectivity index (χ1v) is 10.3. The number of aromatic nitrogens is 2. The Balaban J connectivity index is 1.75. The molecule has 1 aromatic carbocycles. The zero-order valence-corrected chi connectivity index (χ0v) is 17.9. The molecule has 0 saturated heterocycles. The minimum atomic E-state index is -3.08. The number of urea groups is 1. The van der Waals surface area contributed by atoms with E-state index in [1.165, 1.54) is 17.0 Å². The molecular weight excluding hydrogens is 422 g/mol. The van der Waals surface area contributed by atoms with Crippen LogP contribution in [0.5, 0.6) is 0 Å². The topological polar surface area (TPSA) is 58.1 Å². The summed E-state index contributed by atoms with van der Waals surface area (Å²) in [5.74, 6) is -3.12. The van der Waals surface area contributed by atoms with Gasteiger partial charge in [-0.2, -0.15) is 0 Å². The first-order valence-electron chi connectivity index (χ1n) is 9.92. The maximum Gasteiger partial charge on any atom is 0.327 e. The van der Waals surface area contributed by atoms with Crippen LogP contribution in [-0.4, -0.2) is 22.5 Å². The number of nitrogens with zero attached hydrogens (tertiary/aromatic N) is 3. The van der Waals surface area contributed by atoms with Crippen LogP contribution in [0.1, 0.15) is 29.8 Å². The Morgan fingerprint density at radius 1 is 1.10 bits per heavy atom. The van der Waals surface area contributed by atoms with E-state index in [1.807, 2.05) is 13.8 Å². The zero-order chi connectivity index (χ0) is 22.2. The molecule has 0 aliphatic carbocycles. The summed E-state index contributed by atoms with van der Waals surface area (Å²) in [6.07, 6.45) is -0.201. The molecule has 1 N–H and O–H groups in total. The lowest BCUT2D eigenvalue weighted by Gasteiger charge is -2.24. The standard InChI is InChI=1S/C23H21ClF2N4O/c1-14-11-18(12-15(2)27-14)28-22(31)30-10-4-9-23(25,26)19-7-8-20(29-21(19)30)16-5-3-6-17(24)13-16/h3,5-8,11-13H,4,9-10H2,1-2H3,(H,27,28,31). The van der Waals surface area contributed by atoms with Gasteiger partial charge in [0.05, 0.1) is 11.3 Å². The Kier molecular flexibility index (Phi) is 5.62. The van der Waals surface area contributed by atoms with Crippen LogP contribution in [0.2, 0.25) is 5.02 Å². The van der Waals surface area contributed by atoms with Gasteiger partial charge in [0.1, 0.15) is 5.82 Å². The highest BCUT2D eigenvalue weighted by Crippen LogP contribution is 2.42. The summed E-state index contributed by atoms with van der Waals surface area (Å²) in [6.45, 7) is 3.77. The SMILES string of the molecule is Cc1cc(NC(=O)N2CCCC(F)(F)c3ccc(-c4cccc(Cl)c4)nc32)cc(C)n1. The molecule has 2 amide bonds. The number of carbonyl (C=O) groups is 1. The Hall–Kier alpha value is -3.06. The lowest BCUT2D eigenvalue weighted by molar-refractivity contribution is -0.0122. The Morgan fingerprint density at radius 3 is 2.55 bits per heavy atom. The third-order valence-electron chi connectivity index (χ3n) is 5.10. The van der Waals surface area contributed by atoms with Crippen molar-refractivity contribution in [3.63, 3.8) is 0 Å². The van der Waals surface area contributed by atoms with Gasteiger partial charge in [-0.15, -0.1) is 0 Å². The molecule has 3 heterocycles. The van der Waals surface area contributed by atoms with Crippen molar-refractivity contribution >= 4 is 29.1 Å².